The van der Waals surface area contributed by atoms with Crippen LogP contribution in [0.5, 0.6) is 0 Å². The Morgan fingerprint density at radius 1 is 1.53 bits per heavy atom. The molecule has 3 nitrogen and oxygen atoms in total. The Morgan fingerprint density at radius 3 is 3.00 bits per heavy atom. The second-order valence-corrected chi connectivity index (χ2v) is 4.84. The topological polar surface area (TPSA) is 38.3 Å². The van der Waals surface area contributed by atoms with Crippen LogP contribution in [0.1, 0.15) is 39.0 Å². The van der Waals surface area contributed by atoms with Crippen LogP contribution in [-0.4, -0.2) is 25.2 Å². The lowest BCUT2D eigenvalue weighted by molar-refractivity contribution is -0.132. The standard InChI is InChI=1S/C12H21NO2/c1-3-11(15-2)12(14)13-10-6-4-5-8-7-9(8)10/h8-11H,3-7H2,1-2H3,(H,13,14)/t8-,9+,10+,11-/m0/s1. The van der Waals surface area contributed by atoms with E-state index in [-0.39, 0.29) is 12.0 Å². The molecule has 2 aliphatic rings. The number of methoxy groups -OCH3 is 1. The molecule has 0 radical (unpaired) electrons. The van der Waals surface area contributed by atoms with Gasteiger partial charge in [-0.05, 0) is 31.1 Å². The first-order chi connectivity index (χ1) is 7.26. The minimum Gasteiger partial charge on any atom is -0.372 e. The van der Waals surface area contributed by atoms with Crippen molar-refractivity contribution in [2.24, 2.45) is 11.8 Å². The van der Waals surface area contributed by atoms with Crippen LogP contribution in [0.2, 0.25) is 0 Å². The lowest BCUT2D eigenvalue weighted by Gasteiger charge is -2.24. The predicted molar refractivity (Wildman–Crippen MR) is 58.5 cm³/mol. The van der Waals surface area contributed by atoms with Gasteiger partial charge in [0.2, 0.25) is 5.91 Å². The van der Waals surface area contributed by atoms with Crippen molar-refractivity contribution in [1.82, 2.24) is 5.32 Å². The van der Waals surface area contributed by atoms with Gasteiger partial charge in [0.05, 0.1) is 0 Å². The van der Waals surface area contributed by atoms with Gasteiger partial charge in [0, 0.05) is 13.2 Å². The molecule has 3 heteroatoms. The SMILES string of the molecule is CC[C@H](OC)C(=O)N[C@@H]1CCC[C@H]2C[C@H]21. The molecule has 0 bridgehead atoms. The zero-order chi connectivity index (χ0) is 10.8. The number of hydrogen-bond acceptors (Lipinski definition) is 2. The Balaban J connectivity index is 1.82. The smallest absolute Gasteiger partial charge is 0.249 e. The van der Waals surface area contributed by atoms with E-state index in [2.05, 4.69) is 5.32 Å². The number of rotatable bonds is 4. The van der Waals surface area contributed by atoms with Gasteiger partial charge in [-0.25, -0.2) is 0 Å². The van der Waals surface area contributed by atoms with Gasteiger partial charge in [-0.3, -0.25) is 4.79 Å². The first-order valence-corrected chi connectivity index (χ1v) is 6.09. The van der Waals surface area contributed by atoms with Crippen LogP contribution in [0.3, 0.4) is 0 Å². The second kappa shape index (κ2) is 4.52. The van der Waals surface area contributed by atoms with Crippen LogP contribution >= 0.6 is 0 Å². The number of fused-ring (bicyclic) bond motifs is 1. The average Bonchev–Trinajstić information content (AvgIpc) is 2.99. The van der Waals surface area contributed by atoms with E-state index in [1.54, 1.807) is 7.11 Å². The van der Waals surface area contributed by atoms with Crippen molar-refractivity contribution < 1.29 is 9.53 Å². The molecule has 0 aromatic heterocycles. The monoisotopic (exact) mass is 211 g/mol. The van der Waals surface area contributed by atoms with Crippen LogP contribution in [0, 0.1) is 11.8 Å². The Labute approximate surface area is 91.6 Å². The molecule has 2 saturated carbocycles. The Hall–Kier alpha value is -0.570. The number of carbonyl (C=O) groups excluding carboxylic acids is 1. The van der Waals surface area contributed by atoms with Gasteiger partial charge < -0.3 is 10.1 Å². The lowest BCUT2D eigenvalue weighted by Crippen LogP contribution is -2.44. The molecular formula is C12H21NO2. The molecule has 2 rings (SSSR count). The van der Waals surface area contributed by atoms with Crippen molar-refractivity contribution >= 4 is 5.91 Å². The van der Waals surface area contributed by atoms with Crippen LogP contribution in [-0.2, 0) is 9.53 Å². The summed E-state index contributed by atoms with van der Waals surface area (Å²) in [6, 6.07) is 0.431. The number of amides is 1. The summed E-state index contributed by atoms with van der Waals surface area (Å²) in [6.07, 6.45) is 5.63. The Kier molecular flexibility index (Phi) is 3.29. The highest BCUT2D eigenvalue weighted by Gasteiger charge is 2.45. The summed E-state index contributed by atoms with van der Waals surface area (Å²) in [7, 11) is 1.61. The zero-order valence-corrected chi connectivity index (χ0v) is 9.66. The predicted octanol–water partition coefficient (Wildman–Crippen LogP) is 1.72. The third kappa shape index (κ3) is 2.33. The van der Waals surface area contributed by atoms with Crippen LogP contribution < -0.4 is 5.32 Å². The van der Waals surface area contributed by atoms with Crippen molar-refractivity contribution in [1.29, 1.82) is 0 Å². The van der Waals surface area contributed by atoms with Crippen molar-refractivity contribution in [3.05, 3.63) is 0 Å². The fraction of sp³-hybridized carbons (Fsp3) is 0.917. The summed E-state index contributed by atoms with van der Waals surface area (Å²) >= 11 is 0. The molecule has 1 N–H and O–H groups in total. The third-order valence-electron chi connectivity index (χ3n) is 3.86. The van der Waals surface area contributed by atoms with Crippen LogP contribution in [0.25, 0.3) is 0 Å². The van der Waals surface area contributed by atoms with Gasteiger partial charge in [0.15, 0.2) is 0 Å². The molecule has 0 spiro atoms. The van der Waals surface area contributed by atoms with Gasteiger partial charge in [-0.2, -0.15) is 0 Å². The number of nitrogens with one attached hydrogen (secondary N) is 1. The van der Waals surface area contributed by atoms with Gasteiger partial charge in [0.1, 0.15) is 6.10 Å². The minimum atomic E-state index is -0.260. The molecular weight excluding hydrogens is 190 g/mol. The highest BCUT2D eigenvalue weighted by atomic mass is 16.5. The number of carbonyl (C=O) groups is 1. The number of ether oxygens (including phenoxy) is 1. The third-order valence-corrected chi connectivity index (χ3v) is 3.86. The first-order valence-electron chi connectivity index (χ1n) is 6.09. The zero-order valence-electron chi connectivity index (χ0n) is 9.66. The van der Waals surface area contributed by atoms with Gasteiger partial charge >= 0.3 is 0 Å². The summed E-state index contributed by atoms with van der Waals surface area (Å²) in [6.45, 7) is 1.98. The molecule has 4 atom stereocenters. The van der Waals surface area contributed by atoms with Gasteiger partial charge in [-0.1, -0.05) is 19.8 Å². The van der Waals surface area contributed by atoms with Crippen molar-refractivity contribution in [3.63, 3.8) is 0 Å². The summed E-state index contributed by atoms with van der Waals surface area (Å²) in [4.78, 5) is 11.8. The quantitative estimate of drug-likeness (QED) is 0.769. The fourth-order valence-electron chi connectivity index (χ4n) is 2.82. The van der Waals surface area contributed by atoms with Crippen molar-refractivity contribution in [3.8, 4) is 0 Å². The molecule has 1 amide bonds. The normalized spacial score (nSPS) is 35.5. The van der Waals surface area contributed by atoms with Gasteiger partial charge in [0.25, 0.3) is 0 Å². The molecule has 2 fully saturated rings. The highest BCUT2D eigenvalue weighted by Crippen LogP contribution is 2.49. The maximum Gasteiger partial charge on any atom is 0.249 e. The van der Waals surface area contributed by atoms with Gasteiger partial charge in [-0.15, -0.1) is 0 Å². The van der Waals surface area contributed by atoms with E-state index in [9.17, 15) is 4.79 Å². The maximum absolute atomic E-state index is 11.8. The van der Waals surface area contributed by atoms with Crippen molar-refractivity contribution in [2.75, 3.05) is 7.11 Å². The Morgan fingerprint density at radius 2 is 2.33 bits per heavy atom. The molecule has 0 aromatic rings. The summed E-state index contributed by atoms with van der Waals surface area (Å²) in [5.74, 6) is 1.77. The summed E-state index contributed by atoms with van der Waals surface area (Å²) in [5, 5.41) is 3.15. The molecule has 0 saturated heterocycles. The summed E-state index contributed by atoms with van der Waals surface area (Å²) < 4.78 is 5.14. The minimum absolute atomic E-state index is 0.0811. The molecule has 0 aliphatic heterocycles. The van der Waals surface area contributed by atoms with Crippen LogP contribution in [0.15, 0.2) is 0 Å². The van der Waals surface area contributed by atoms with E-state index in [1.807, 2.05) is 6.92 Å². The van der Waals surface area contributed by atoms with E-state index in [0.29, 0.717) is 6.04 Å². The lowest BCUT2D eigenvalue weighted by atomic mass is 9.95. The first kappa shape index (κ1) is 10.9. The molecule has 0 aromatic carbocycles. The fourth-order valence-corrected chi connectivity index (χ4v) is 2.82. The van der Waals surface area contributed by atoms with E-state index in [0.717, 1.165) is 24.7 Å². The largest absolute Gasteiger partial charge is 0.372 e. The molecule has 0 unspecified atom stereocenters. The Bertz CT molecular complexity index is 238. The van der Waals surface area contributed by atoms with Crippen LogP contribution in [0.4, 0.5) is 0 Å². The molecule has 0 heterocycles. The second-order valence-electron chi connectivity index (χ2n) is 4.84. The molecule has 15 heavy (non-hydrogen) atoms. The van der Waals surface area contributed by atoms with E-state index < -0.39 is 0 Å². The van der Waals surface area contributed by atoms with E-state index in [4.69, 9.17) is 4.74 Å². The number of hydrogen-bond donors (Lipinski definition) is 1. The maximum atomic E-state index is 11.8. The van der Waals surface area contributed by atoms with Crippen molar-refractivity contribution in [2.45, 2.75) is 51.2 Å². The average molecular weight is 211 g/mol. The van der Waals surface area contributed by atoms with E-state index in [1.165, 1.54) is 19.3 Å². The highest BCUT2D eigenvalue weighted by molar-refractivity contribution is 5.81. The molecule has 86 valence electrons. The summed E-state index contributed by atoms with van der Waals surface area (Å²) in [5.41, 5.74) is 0. The van der Waals surface area contributed by atoms with E-state index >= 15 is 0 Å². The molecule has 2 aliphatic carbocycles.